The Morgan fingerprint density at radius 1 is 1.62 bits per heavy atom. The number of pyridine rings is 1. The van der Waals surface area contributed by atoms with Crippen LogP contribution in [0.15, 0.2) is 18.3 Å². The van der Waals surface area contributed by atoms with Crippen molar-refractivity contribution in [3.8, 4) is 5.75 Å². The molecule has 1 aliphatic heterocycles. The summed E-state index contributed by atoms with van der Waals surface area (Å²) < 4.78 is 10.5. The van der Waals surface area contributed by atoms with E-state index in [9.17, 15) is 0 Å². The van der Waals surface area contributed by atoms with Gasteiger partial charge in [0, 0.05) is 12.3 Å². The SMILES string of the molecule is OCc1cc(OC2COC2)ccn1. The van der Waals surface area contributed by atoms with Gasteiger partial charge in [0.2, 0.25) is 0 Å². The Labute approximate surface area is 76.1 Å². The molecule has 1 N–H and O–H groups in total. The Hall–Kier alpha value is -1.13. The first-order valence-electron chi connectivity index (χ1n) is 4.18. The second-order valence-electron chi connectivity index (χ2n) is 2.92. The van der Waals surface area contributed by atoms with Crippen molar-refractivity contribution >= 4 is 0 Å². The van der Waals surface area contributed by atoms with Crippen LogP contribution in [0.25, 0.3) is 0 Å². The van der Waals surface area contributed by atoms with E-state index in [2.05, 4.69) is 4.98 Å². The molecule has 2 heterocycles. The van der Waals surface area contributed by atoms with Gasteiger partial charge in [-0.25, -0.2) is 0 Å². The Balaban J connectivity index is 2.01. The van der Waals surface area contributed by atoms with Crippen molar-refractivity contribution < 1.29 is 14.6 Å². The molecule has 1 fully saturated rings. The molecule has 1 aromatic rings. The number of nitrogens with zero attached hydrogens (tertiary/aromatic N) is 1. The highest BCUT2D eigenvalue weighted by Crippen LogP contribution is 2.16. The predicted octanol–water partition coefficient (Wildman–Crippen LogP) is 0.351. The summed E-state index contributed by atoms with van der Waals surface area (Å²) in [4.78, 5) is 3.95. The predicted molar refractivity (Wildman–Crippen MR) is 45.4 cm³/mol. The monoisotopic (exact) mass is 181 g/mol. The lowest BCUT2D eigenvalue weighted by molar-refractivity contribution is -0.0797. The molecule has 0 aliphatic carbocycles. The summed E-state index contributed by atoms with van der Waals surface area (Å²) in [6.07, 6.45) is 1.79. The number of hydrogen-bond acceptors (Lipinski definition) is 4. The van der Waals surface area contributed by atoms with Gasteiger partial charge in [0.1, 0.15) is 11.9 Å². The van der Waals surface area contributed by atoms with Gasteiger partial charge in [-0.15, -0.1) is 0 Å². The third-order valence-corrected chi connectivity index (χ3v) is 1.86. The number of rotatable bonds is 3. The van der Waals surface area contributed by atoms with E-state index in [4.69, 9.17) is 14.6 Å². The molecule has 0 bridgehead atoms. The van der Waals surface area contributed by atoms with Gasteiger partial charge < -0.3 is 14.6 Å². The fraction of sp³-hybridized carbons (Fsp3) is 0.444. The number of aromatic nitrogens is 1. The van der Waals surface area contributed by atoms with Crippen LogP contribution in [0.2, 0.25) is 0 Å². The lowest BCUT2D eigenvalue weighted by atomic mass is 10.3. The maximum atomic E-state index is 8.82. The minimum atomic E-state index is -0.0572. The zero-order chi connectivity index (χ0) is 9.10. The van der Waals surface area contributed by atoms with Gasteiger partial charge in [-0.2, -0.15) is 0 Å². The third kappa shape index (κ3) is 1.96. The second-order valence-corrected chi connectivity index (χ2v) is 2.92. The molecular weight excluding hydrogens is 170 g/mol. The molecule has 0 radical (unpaired) electrons. The highest BCUT2D eigenvalue weighted by molar-refractivity contribution is 5.22. The summed E-state index contributed by atoms with van der Waals surface area (Å²) in [5.74, 6) is 0.743. The molecule has 13 heavy (non-hydrogen) atoms. The van der Waals surface area contributed by atoms with Gasteiger partial charge in [-0.3, -0.25) is 4.98 Å². The lowest BCUT2D eigenvalue weighted by Crippen LogP contribution is -2.38. The van der Waals surface area contributed by atoms with Crippen LogP contribution in [0.5, 0.6) is 5.75 Å². The van der Waals surface area contributed by atoms with E-state index in [1.54, 1.807) is 18.3 Å². The molecule has 2 rings (SSSR count). The van der Waals surface area contributed by atoms with Crippen molar-refractivity contribution in [2.24, 2.45) is 0 Å². The van der Waals surface area contributed by atoms with Crippen LogP contribution < -0.4 is 4.74 Å². The summed E-state index contributed by atoms with van der Waals surface area (Å²) in [5.41, 5.74) is 0.623. The highest BCUT2D eigenvalue weighted by Gasteiger charge is 2.19. The van der Waals surface area contributed by atoms with Gasteiger partial charge >= 0.3 is 0 Å². The minimum Gasteiger partial charge on any atom is -0.485 e. The molecule has 4 heteroatoms. The van der Waals surface area contributed by atoms with Gasteiger partial charge in [-0.05, 0) is 6.07 Å². The molecule has 0 unspecified atom stereocenters. The van der Waals surface area contributed by atoms with Crippen LogP contribution in [0, 0.1) is 0 Å². The molecule has 0 atom stereocenters. The summed E-state index contributed by atoms with van der Waals surface area (Å²) in [6.45, 7) is 1.24. The fourth-order valence-electron chi connectivity index (χ4n) is 1.09. The topological polar surface area (TPSA) is 51.6 Å². The molecule has 1 aliphatic rings. The van der Waals surface area contributed by atoms with Crippen LogP contribution >= 0.6 is 0 Å². The molecule has 0 amide bonds. The Kier molecular flexibility index (Phi) is 2.42. The van der Waals surface area contributed by atoms with Crippen molar-refractivity contribution in [3.05, 3.63) is 24.0 Å². The van der Waals surface area contributed by atoms with Gasteiger partial charge in [0.25, 0.3) is 0 Å². The van der Waals surface area contributed by atoms with Crippen LogP contribution in [-0.4, -0.2) is 29.4 Å². The van der Waals surface area contributed by atoms with Crippen molar-refractivity contribution in [1.82, 2.24) is 4.98 Å². The quantitative estimate of drug-likeness (QED) is 0.731. The first-order chi connectivity index (χ1) is 6.38. The first-order valence-corrected chi connectivity index (χ1v) is 4.18. The van der Waals surface area contributed by atoms with Crippen molar-refractivity contribution in [1.29, 1.82) is 0 Å². The molecule has 4 nitrogen and oxygen atoms in total. The van der Waals surface area contributed by atoms with Crippen molar-refractivity contribution in [2.75, 3.05) is 13.2 Å². The molecule has 0 saturated carbocycles. The number of hydrogen-bond donors (Lipinski definition) is 1. The smallest absolute Gasteiger partial charge is 0.145 e. The van der Waals surface area contributed by atoms with E-state index in [0.29, 0.717) is 18.9 Å². The second kappa shape index (κ2) is 3.72. The van der Waals surface area contributed by atoms with E-state index < -0.39 is 0 Å². The maximum absolute atomic E-state index is 8.82. The molecule has 1 saturated heterocycles. The standard InChI is InChI=1S/C9H11NO3/c11-4-7-3-8(1-2-10-7)13-9-5-12-6-9/h1-3,9,11H,4-6H2. The summed E-state index contributed by atoms with van der Waals surface area (Å²) >= 11 is 0. The van der Waals surface area contributed by atoms with Crippen LogP contribution in [-0.2, 0) is 11.3 Å². The van der Waals surface area contributed by atoms with Gasteiger partial charge in [0.05, 0.1) is 25.5 Å². The number of ether oxygens (including phenoxy) is 2. The van der Waals surface area contributed by atoms with E-state index in [-0.39, 0.29) is 12.7 Å². The normalized spacial score (nSPS) is 16.7. The zero-order valence-corrected chi connectivity index (χ0v) is 7.14. The van der Waals surface area contributed by atoms with Crippen LogP contribution in [0.1, 0.15) is 5.69 Å². The van der Waals surface area contributed by atoms with Crippen LogP contribution in [0.3, 0.4) is 0 Å². The van der Waals surface area contributed by atoms with E-state index in [1.165, 1.54) is 0 Å². The molecule has 0 aromatic carbocycles. The average Bonchev–Trinajstić information content (AvgIpc) is 2.12. The fourth-order valence-corrected chi connectivity index (χ4v) is 1.09. The molecule has 0 spiro atoms. The van der Waals surface area contributed by atoms with E-state index in [0.717, 1.165) is 5.75 Å². The summed E-state index contributed by atoms with van der Waals surface area (Å²) in [6, 6.07) is 3.51. The van der Waals surface area contributed by atoms with E-state index in [1.807, 2.05) is 0 Å². The van der Waals surface area contributed by atoms with E-state index >= 15 is 0 Å². The first kappa shape index (κ1) is 8.47. The maximum Gasteiger partial charge on any atom is 0.145 e. The van der Waals surface area contributed by atoms with Gasteiger partial charge in [0.15, 0.2) is 0 Å². The highest BCUT2D eigenvalue weighted by atomic mass is 16.6. The summed E-state index contributed by atoms with van der Waals surface area (Å²) in [5, 5.41) is 8.82. The number of aliphatic hydroxyl groups excluding tert-OH is 1. The Morgan fingerprint density at radius 2 is 2.46 bits per heavy atom. The largest absolute Gasteiger partial charge is 0.485 e. The van der Waals surface area contributed by atoms with Crippen molar-refractivity contribution in [2.45, 2.75) is 12.7 Å². The minimum absolute atomic E-state index is 0.0572. The third-order valence-electron chi connectivity index (χ3n) is 1.86. The lowest BCUT2D eigenvalue weighted by Gasteiger charge is -2.26. The molecular formula is C9H11NO3. The Bertz CT molecular complexity index is 286. The average molecular weight is 181 g/mol. The van der Waals surface area contributed by atoms with Crippen molar-refractivity contribution in [3.63, 3.8) is 0 Å². The van der Waals surface area contributed by atoms with Crippen LogP contribution in [0.4, 0.5) is 0 Å². The zero-order valence-electron chi connectivity index (χ0n) is 7.14. The number of aliphatic hydroxyl groups is 1. The molecule has 70 valence electrons. The Morgan fingerprint density at radius 3 is 3.08 bits per heavy atom. The van der Waals surface area contributed by atoms with Gasteiger partial charge in [-0.1, -0.05) is 0 Å². The molecule has 1 aromatic heterocycles. The summed E-state index contributed by atoms with van der Waals surface area (Å²) in [7, 11) is 0.